The molecule has 8 heteroatoms. The fourth-order valence-corrected chi connectivity index (χ4v) is 5.72. The molecule has 2 aliphatic rings. The van der Waals surface area contributed by atoms with Crippen LogP contribution in [0.4, 0.5) is 16.2 Å². The molecule has 0 bridgehead atoms. The first-order valence-corrected chi connectivity index (χ1v) is 12.5. The van der Waals surface area contributed by atoms with Crippen LogP contribution in [0.1, 0.15) is 51.9 Å². The minimum Gasteiger partial charge on any atom is -0.370 e. The Balaban J connectivity index is 1.54. The summed E-state index contributed by atoms with van der Waals surface area (Å²) in [7, 11) is -3.16. The van der Waals surface area contributed by atoms with Crippen molar-refractivity contribution >= 4 is 27.4 Å². The molecular weight excluding hydrogens is 388 g/mol. The van der Waals surface area contributed by atoms with E-state index in [1.54, 1.807) is 4.31 Å². The van der Waals surface area contributed by atoms with E-state index in [-0.39, 0.29) is 17.8 Å². The Labute approximate surface area is 174 Å². The largest absolute Gasteiger partial charge is 0.370 e. The molecule has 0 aromatic heterocycles. The van der Waals surface area contributed by atoms with Gasteiger partial charge in [0.2, 0.25) is 10.0 Å². The lowest BCUT2D eigenvalue weighted by molar-refractivity contribution is 0.238. The van der Waals surface area contributed by atoms with Gasteiger partial charge in [-0.3, -0.25) is 0 Å². The second kappa shape index (κ2) is 10.3. The van der Waals surface area contributed by atoms with E-state index >= 15 is 0 Å². The van der Waals surface area contributed by atoms with Crippen LogP contribution in [-0.4, -0.2) is 56.7 Å². The van der Waals surface area contributed by atoms with Gasteiger partial charge in [-0.2, -0.15) is 0 Å². The third kappa shape index (κ3) is 6.09. The van der Waals surface area contributed by atoms with Gasteiger partial charge in [0.15, 0.2) is 0 Å². The van der Waals surface area contributed by atoms with Crippen LogP contribution in [-0.2, 0) is 10.0 Å². The minimum atomic E-state index is -3.16. The van der Waals surface area contributed by atoms with Gasteiger partial charge in [0, 0.05) is 32.2 Å². The Morgan fingerprint density at radius 1 is 1.03 bits per heavy atom. The number of nitrogens with one attached hydrogen (secondary N) is 2. The molecule has 0 aliphatic carbocycles. The molecule has 162 valence electrons. The lowest BCUT2D eigenvalue weighted by Crippen LogP contribution is -2.48. The number of carbonyl (C=O) groups excluding carboxylic acids is 1. The summed E-state index contributed by atoms with van der Waals surface area (Å²) in [5.74, 6) is 0.193. The first kappa shape index (κ1) is 21.9. The van der Waals surface area contributed by atoms with Crippen LogP contribution < -0.4 is 15.5 Å². The first-order chi connectivity index (χ1) is 14.0. The van der Waals surface area contributed by atoms with Crippen molar-refractivity contribution in [2.24, 2.45) is 0 Å². The number of para-hydroxylation sites is 2. The SMILES string of the molecule is CCCS(=O)(=O)N1CCC(NC(=O)Nc2ccccc2N2CCCCCC2)CC1. The number of anilines is 2. The number of amides is 2. The quantitative estimate of drug-likeness (QED) is 0.736. The second-order valence-electron chi connectivity index (χ2n) is 8.01. The van der Waals surface area contributed by atoms with Gasteiger partial charge >= 0.3 is 6.03 Å². The molecule has 7 nitrogen and oxygen atoms in total. The van der Waals surface area contributed by atoms with Gasteiger partial charge in [0.1, 0.15) is 0 Å². The Bertz CT molecular complexity index is 768. The van der Waals surface area contributed by atoms with Gasteiger partial charge in [-0.25, -0.2) is 17.5 Å². The normalized spacial score (nSPS) is 19.6. The summed E-state index contributed by atoms with van der Waals surface area (Å²) in [6.45, 7) is 4.85. The lowest BCUT2D eigenvalue weighted by atomic mass is 10.1. The summed E-state index contributed by atoms with van der Waals surface area (Å²) < 4.78 is 25.9. The average molecular weight is 423 g/mol. The predicted molar refractivity (Wildman–Crippen MR) is 118 cm³/mol. The third-order valence-corrected chi connectivity index (χ3v) is 7.82. The molecule has 0 saturated carbocycles. The smallest absolute Gasteiger partial charge is 0.319 e. The van der Waals surface area contributed by atoms with Crippen molar-refractivity contribution in [3.05, 3.63) is 24.3 Å². The van der Waals surface area contributed by atoms with Gasteiger partial charge in [0.05, 0.1) is 17.1 Å². The molecule has 0 unspecified atom stereocenters. The number of nitrogens with zero attached hydrogens (tertiary/aromatic N) is 2. The third-order valence-electron chi connectivity index (χ3n) is 5.74. The van der Waals surface area contributed by atoms with Crippen LogP contribution in [0.5, 0.6) is 0 Å². The maximum Gasteiger partial charge on any atom is 0.319 e. The van der Waals surface area contributed by atoms with E-state index in [0.717, 1.165) is 24.5 Å². The molecule has 3 rings (SSSR count). The van der Waals surface area contributed by atoms with Gasteiger partial charge in [0.25, 0.3) is 0 Å². The summed E-state index contributed by atoms with van der Waals surface area (Å²) in [6, 6.07) is 7.73. The molecule has 2 saturated heterocycles. The predicted octanol–water partition coefficient (Wildman–Crippen LogP) is 3.39. The number of carbonyl (C=O) groups is 1. The van der Waals surface area contributed by atoms with Crippen LogP contribution in [0.2, 0.25) is 0 Å². The van der Waals surface area contributed by atoms with Crippen LogP contribution >= 0.6 is 0 Å². The number of benzene rings is 1. The first-order valence-electron chi connectivity index (χ1n) is 10.9. The molecule has 29 heavy (non-hydrogen) atoms. The van der Waals surface area contributed by atoms with Crippen LogP contribution in [0.3, 0.4) is 0 Å². The maximum atomic E-state index is 12.6. The van der Waals surface area contributed by atoms with Gasteiger partial charge in [-0.05, 0) is 44.2 Å². The Morgan fingerprint density at radius 3 is 2.34 bits per heavy atom. The van der Waals surface area contributed by atoms with Crippen molar-refractivity contribution < 1.29 is 13.2 Å². The van der Waals surface area contributed by atoms with Gasteiger partial charge < -0.3 is 15.5 Å². The number of hydrogen-bond acceptors (Lipinski definition) is 4. The van der Waals surface area contributed by atoms with Crippen LogP contribution in [0, 0.1) is 0 Å². The minimum absolute atomic E-state index is 0.00609. The van der Waals surface area contributed by atoms with E-state index in [9.17, 15) is 13.2 Å². The summed E-state index contributed by atoms with van der Waals surface area (Å²) in [5, 5.41) is 6.04. The Morgan fingerprint density at radius 2 is 1.69 bits per heavy atom. The maximum absolute atomic E-state index is 12.6. The molecule has 1 aromatic carbocycles. The number of sulfonamides is 1. The molecule has 2 amide bonds. The summed E-state index contributed by atoms with van der Waals surface area (Å²) in [6.07, 6.45) is 6.80. The average Bonchev–Trinajstić information content (AvgIpc) is 2.98. The zero-order valence-corrected chi connectivity index (χ0v) is 18.2. The van der Waals surface area contributed by atoms with Crippen molar-refractivity contribution in [1.29, 1.82) is 0 Å². The van der Waals surface area contributed by atoms with Crippen LogP contribution in [0.25, 0.3) is 0 Å². The topological polar surface area (TPSA) is 81.8 Å². The Kier molecular flexibility index (Phi) is 7.77. The van der Waals surface area contributed by atoms with Crippen molar-refractivity contribution in [2.75, 3.05) is 42.1 Å². The Hall–Kier alpha value is -1.80. The van der Waals surface area contributed by atoms with E-state index in [1.165, 1.54) is 25.7 Å². The molecule has 0 spiro atoms. The van der Waals surface area contributed by atoms with Crippen LogP contribution in [0.15, 0.2) is 24.3 Å². The van der Waals surface area contributed by atoms with Crippen molar-refractivity contribution in [3.8, 4) is 0 Å². The fraction of sp³-hybridized carbons (Fsp3) is 0.667. The second-order valence-corrected chi connectivity index (χ2v) is 10.1. The fourth-order valence-electron chi connectivity index (χ4n) is 4.18. The molecule has 1 aromatic rings. The van der Waals surface area contributed by atoms with Crippen molar-refractivity contribution in [3.63, 3.8) is 0 Å². The van der Waals surface area contributed by atoms with Gasteiger partial charge in [-0.1, -0.05) is 31.9 Å². The molecule has 0 atom stereocenters. The van der Waals surface area contributed by atoms with Crippen molar-refractivity contribution in [2.45, 2.75) is 57.9 Å². The van der Waals surface area contributed by atoms with E-state index in [4.69, 9.17) is 0 Å². The van der Waals surface area contributed by atoms with Gasteiger partial charge in [-0.15, -0.1) is 0 Å². The lowest BCUT2D eigenvalue weighted by Gasteiger charge is -2.31. The highest BCUT2D eigenvalue weighted by atomic mass is 32.2. The summed E-state index contributed by atoms with van der Waals surface area (Å²) in [4.78, 5) is 15.0. The van der Waals surface area contributed by atoms with E-state index in [1.807, 2.05) is 25.1 Å². The number of urea groups is 1. The monoisotopic (exact) mass is 422 g/mol. The summed E-state index contributed by atoms with van der Waals surface area (Å²) >= 11 is 0. The molecule has 2 heterocycles. The van der Waals surface area contributed by atoms with Crippen molar-refractivity contribution in [1.82, 2.24) is 9.62 Å². The zero-order valence-electron chi connectivity index (χ0n) is 17.4. The highest BCUT2D eigenvalue weighted by Crippen LogP contribution is 2.28. The molecule has 2 N–H and O–H groups in total. The molecular formula is C21H34N4O3S. The number of rotatable bonds is 6. The van der Waals surface area contributed by atoms with E-state index < -0.39 is 10.0 Å². The number of piperidine rings is 1. The van der Waals surface area contributed by atoms with E-state index in [2.05, 4.69) is 21.6 Å². The molecule has 2 aliphatic heterocycles. The summed E-state index contributed by atoms with van der Waals surface area (Å²) in [5.41, 5.74) is 1.90. The standard InChI is InChI=1S/C21H34N4O3S/c1-2-17-29(27,28)25-15-11-18(12-16-25)22-21(26)23-19-9-5-6-10-20(19)24-13-7-3-4-8-14-24/h5-6,9-10,18H,2-4,7-8,11-17H2,1H3,(H2,22,23,26). The highest BCUT2D eigenvalue weighted by Gasteiger charge is 2.28. The van der Waals surface area contributed by atoms with E-state index in [0.29, 0.717) is 32.4 Å². The number of hydrogen-bond donors (Lipinski definition) is 2. The molecule has 2 fully saturated rings. The molecule has 0 radical (unpaired) electrons. The zero-order chi connectivity index (χ0) is 20.7. The highest BCUT2D eigenvalue weighted by molar-refractivity contribution is 7.89.